The van der Waals surface area contributed by atoms with Crippen LogP contribution in [0.5, 0.6) is 0 Å². The fraction of sp³-hybridized carbons (Fsp3) is 0.769. The van der Waals surface area contributed by atoms with Gasteiger partial charge in [-0.15, -0.1) is 0 Å². The molecule has 2 unspecified atom stereocenters. The van der Waals surface area contributed by atoms with Crippen LogP contribution in [-0.4, -0.2) is 46.2 Å². The fourth-order valence-electron chi connectivity index (χ4n) is 3.33. The zero-order chi connectivity index (χ0) is 11.7. The molecule has 3 rings (SSSR count). The van der Waals surface area contributed by atoms with E-state index in [-0.39, 0.29) is 0 Å². The minimum atomic E-state index is 0.723. The number of nitrogens with zero attached hydrogens (tertiary/aromatic N) is 3. The maximum Gasteiger partial charge on any atom is 0.105 e. The summed E-state index contributed by atoms with van der Waals surface area (Å²) in [7, 11) is 0. The number of fused-ring (bicyclic) bond motifs is 1. The molecule has 2 aliphatic rings. The van der Waals surface area contributed by atoms with Crippen LogP contribution < -0.4 is 5.32 Å². The number of hydrogen-bond acceptors (Lipinski definition) is 3. The predicted octanol–water partition coefficient (Wildman–Crippen LogP) is 1.02. The van der Waals surface area contributed by atoms with Gasteiger partial charge in [-0.25, -0.2) is 4.98 Å². The van der Waals surface area contributed by atoms with Crippen LogP contribution in [0.2, 0.25) is 0 Å². The van der Waals surface area contributed by atoms with Crippen molar-refractivity contribution in [3.63, 3.8) is 0 Å². The maximum absolute atomic E-state index is 4.25. The van der Waals surface area contributed by atoms with Gasteiger partial charge < -0.3 is 9.88 Å². The average Bonchev–Trinajstić information content (AvgIpc) is 2.98. The molecule has 2 saturated heterocycles. The lowest BCUT2D eigenvalue weighted by molar-refractivity contribution is 0.298. The van der Waals surface area contributed by atoms with Crippen molar-refractivity contribution in [2.45, 2.75) is 44.8 Å². The van der Waals surface area contributed by atoms with E-state index in [9.17, 15) is 0 Å². The normalized spacial score (nSPS) is 28.8. The smallest absolute Gasteiger partial charge is 0.105 e. The van der Waals surface area contributed by atoms with E-state index < -0.39 is 0 Å². The molecule has 0 spiro atoms. The Labute approximate surface area is 103 Å². The third kappa shape index (κ3) is 2.24. The standard InChI is InChI=1S/C13H22N4/c1-11-14-5-9-16(11)10-6-15-12-4-8-17-7-2-3-13(12)17/h5,9,12-13,15H,2-4,6-8,10H2,1H3. The second kappa shape index (κ2) is 4.78. The van der Waals surface area contributed by atoms with E-state index in [0.29, 0.717) is 0 Å². The monoisotopic (exact) mass is 234 g/mol. The van der Waals surface area contributed by atoms with Crippen molar-refractivity contribution in [1.82, 2.24) is 19.8 Å². The maximum atomic E-state index is 4.25. The van der Waals surface area contributed by atoms with Crippen molar-refractivity contribution in [3.05, 3.63) is 18.2 Å². The lowest BCUT2D eigenvalue weighted by Gasteiger charge is -2.21. The van der Waals surface area contributed by atoms with Crippen LogP contribution in [0.25, 0.3) is 0 Å². The van der Waals surface area contributed by atoms with E-state index in [2.05, 4.69) is 32.9 Å². The molecule has 4 heteroatoms. The highest BCUT2D eigenvalue weighted by atomic mass is 15.2. The van der Waals surface area contributed by atoms with Crippen LogP contribution in [0.15, 0.2) is 12.4 Å². The van der Waals surface area contributed by atoms with Crippen molar-refractivity contribution < 1.29 is 0 Å². The molecule has 0 bridgehead atoms. The predicted molar refractivity (Wildman–Crippen MR) is 68.0 cm³/mol. The van der Waals surface area contributed by atoms with E-state index in [4.69, 9.17) is 0 Å². The van der Waals surface area contributed by atoms with Gasteiger partial charge in [0.2, 0.25) is 0 Å². The molecular formula is C13H22N4. The Morgan fingerprint density at radius 3 is 3.18 bits per heavy atom. The Bertz CT molecular complexity index is 373. The van der Waals surface area contributed by atoms with Crippen LogP contribution in [0.1, 0.15) is 25.1 Å². The summed E-state index contributed by atoms with van der Waals surface area (Å²) in [5, 5.41) is 3.73. The minimum Gasteiger partial charge on any atom is -0.334 e. The van der Waals surface area contributed by atoms with E-state index in [0.717, 1.165) is 31.0 Å². The van der Waals surface area contributed by atoms with E-state index in [1.165, 1.54) is 32.4 Å². The summed E-state index contributed by atoms with van der Waals surface area (Å²) in [5.74, 6) is 1.11. The molecule has 1 aromatic heterocycles. The summed E-state index contributed by atoms with van der Waals surface area (Å²) in [6.07, 6.45) is 8.05. The molecule has 4 nitrogen and oxygen atoms in total. The molecule has 0 aliphatic carbocycles. The Morgan fingerprint density at radius 1 is 1.41 bits per heavy atom. The molecule has 17 heavy (non-hydrogen) atoms. The molecule has 2 atom stereocenters. The van der Waals surface area contributed by atoms with Gasteiger partial charge in [0.05, 0.1) is 0 Å². The zero-order valence-electron chi connectivity index (χ0n) is 10.6. The van der Waals surface area contributed by atoms with Crippen LogP contribution in [-0.2, 0) is 6.54 Å². The van der Waals surface area contributed by atoms with Crippen molar-refractivity contribution in [2.24, 2.45) is 0 Å². The quantitative estimate of drug-likeness (QED) is 0.844. The third-order valence-electron chi connectivity index (χ3n) is 4.29. The van der Waals surface area contributed by atoms with Gasteiger partial charge >= 0.3 is 0 Å². The lowest BCUT2D eigenvalue weighted by Crippen LogP contribution is -2.40. The van der Waals surface area contributed by atoms with Crippen molar-refractivity contribution in [2.75, 3.05) is 19.6 Å². The Morgan fingerprint density at radius 2 is 2.35 bits per heavy atom. The first-order valence-electron chi connectivity index (χ1n) is 6.80. The summed E-state index contributed by atoms with van der Waals surface area (Å²) in [6.45, 7) is 6.78. The molecular weight excluding hydrogens is 212 g/mol. The molecule has 2 aliphatic heterocycles. The molecule has 2 fully saturated rings. The van der Waals surface area contributed by atoms with Gasteiger partial charge in [-0.05, 0) is 32.7 Å². The second-order valence-electron chi connectivity index (χ2n) is 5.26. The first kappa shape index (κ1) is 11.2. The van der Waals surface area contributed by atoms with Gasteiger partial charge in [-0.2, -0.15) is 0 Å². The Kier molecular flexibility index (Phi) is 3.16. The molecule has 94 valence electrons. The van der Waals surface area contributed by atoms with Gasteiger partial charge in [0.15, 0.2) is 0 Å². The number of rotatable bonds is 4. The highest BCUT2D eigenvalue weighted by molar-refractivity contribution is 4.95. The summed E-state index contributed by atoms with van der Waals surface area (Å²) in [6, 6.07) is 1.54. The molecule has 0 saturated carbocycles. The molecule has 3 heterocycles. The molecule has 0 amide bonds. The van der Waals surface area contributed by atoms with Crippen LogP contribution >= 0.6 is 0 Å². The topological polar surface area (TPSA) is 33.1 Å². The lowest BCUT2D eigenvalue weighted by atomic mass is 10.1. The second-order valence-corrected chi connectivity index (χ2v) is 5.26. The zero-order valence-corrected chi connectivity index (χ0v) is 10.6. The SMILES string of the molecule is Cc1nccn1CCNC1CCN2CCCC12. The average molecular weight is 234 g/mol. The molecule has 0 radical (unpaired) electrons. The van der Waals surface area contributed by atoms with E-state index in [1.54, 1.807) is 0 Å². The fourth-order valence-corrected chi connectivity index (χ4v) is 3.33. The first-order valence-corrected chi connectivity index (χ1v) is 6.80. The number of aromatic nitrogens is 2. The van der Waals surface area contributed by atoms with Crippen molar-refractivity contribution in [3.8, 4) is 0 Å². The Hall–Kier alpha value is -0.870. The van der Waals surface area contributed by atoms with Crippen molar-refractivity contribution >= 4 is 0 Å². The van der Waals surface area contributed by atoms with E-state index >= 15 is 0 Å². The van der Waals surface area contributed by atoms with Gasteiger partial charge in [-0.1, -0.05) is 0 Å². The number of hydrogen-bond donors (Lipinski definition) is 1. The highest BCUT2D eigenvalue weighted by Crippen LogP contribution is 2.27. The molecule has 1 N–H and O–H groups in total. The van der Waals surface area contributed by atoms with Crippen LogP contribution in [0, 0.1) is 6.92 Å². The van der Waals surface area contributed by atoms with Gasteiger partial charge in [-0.3, -0.25) is 4.90 Å². The summed E-state index contributed by atoms with van der Waals surface area (Å²) in [5.41, 5.74) is 0. The first-order chi connectivity index (χ1) is 8.34. The summed E-state index contributed by atoms with van der Waals surface area (Å²) < 4.78 is 2.22. The van der Waals surface area contributed by atoms with Gasteiger partial charge in [0.1, 0.15) is 5.82 Å². The number of nitrogens with one attached hydrogen (secondary N) is 1. The van der Waals surface area contributed by atoms with Gasteiger partial charge in [0, 0.05) is 44.1 Å². The Balaban J connectivity index is 1.47. The summed E-state index contributed by atoms with van der Waals surface area (Å²) in [4.78, 5) is 6.90. The third-order valence-corrected chi connectivity index (χ3v) is 4.29. The van der Waals surface area contributed by atoms with Crippen LogP contribution in [0.3, 0.4) is 0 Å². The molecule has 0 aromatic carbocycles. The van der Waals surface area contributed by atoms with Crippen LogP contribution in [0.4, 0.5) is 0 Å². The number of aryl methyl sites for hydroxylation is 1. The number of imidazole rings is 1. The van der Waals surface area contributed by atoms with Gasteiger partial charge in [0.25, 0.3) is 0 Å². The largest absolute Gasteiger partial charge is 0.334 e. The van der Waals surface area contributed by atoms with Crippen molar-refractivity contribution in [1.29, 1.82) is 0 Å². The summed E-state index contributed by atoms with van der Waals surface area (Å²) >= 11 is 0. The molecule has 1 aromatic rings. The highest BCUT2D eigenvalue weighted by Gasteiger charge is 2.36. The van der Waals surface area contributed by atoms with E-state index in [1.807, 2.05) is 6.20 Å². The minimum absolute atomic E-state index is 0.723.